The van der Waals surface area contributed by atoms with E-state index < -0.39 is 24.6 Å². The normalized spacial score (nSPS) is 13.9. The highest BCUT2D eigenvalue weighted by molar-refractivity contribution is 5.99. The first kappa shape index (κ1) is 21.7. The summed E-state index contributed by atoms with van der Waals surface area (Å²) in [5.41, 5.74) is 3.24. The Hall–Kier alpha value is -3.03. The number of fused-ring (bicyclic) bond motifs is 1. The van der Waals surface area contributed by atoms with E-state index in [0.717, 1.165) is 27.9 Å². The molecule has 3 rings (SSSR count). The molecular weight excluding hydrogens is 387 g/mol. The Labute approximate surface area is 173 Å². The minimum atomic E-state index is -1.14. The predicted octanol–water partition coefficient (Wildman–Crippen LogP) is 4.02. The van der Waals surface area contributed by atoms with E-state index in [9.17, 15) is 19.4 Å². The highest BCUT2D eigenvalue weighted by Gasteiger charge is 2.20. The maximum atomic E-state index is 13.5. The van der Waals surface area contributed by atoms with Crippen molar-refractivity contribution in [2.24, 2.45) is 0 Å². The fraction of sp³-hybridized carbons (Fsp3) is 0.304. The number of aliphatic hydroxyl groups is 2. The summed E-state index contributed by atoms with van der Waals surface area (Å²) in [5, 5.41) is 29.7. The molecule has 0 radical (unpaired) electrons. The Balaban J connectivity index is 2.08. The van der Waals surface area contributed by atoms with Crippen LogP contribution in [0.1, 0.15) is 38.4 Å². The molecule has 3 N–H and O–H groups in total. The molecular formula is C23H25FN2O4. The predicted molar refractivity (Wildman–Crippen MR) is 113 cm³/mol. The summed E-state index contributed by atoms with van der Waals surface area (Å²) in [4.78, 5) is 15.2. The lowest BCUT2D eigenvalue weighted by Crippen LogP contribution is -2.19. The van der Waals surface area contributed by atoms with Crippen molar-refractivity contribution in [1.29, 1.82) is 0 Å². The first-order chi connectivity index (χ1) is 14.3. The second kappa shape index (κ2) is 9.19. The number of pyridine rings is 1. The number of rotatable bonds is 8. The molecule has 0 aliphatic carbocycles. The van der Waals surface area contributed by atoms with Crippen LogP contribution in [0.4, 0.5) is 4.39 Å². The van der Waals surface area contributed by atoms with E-state index in [-0.39, 0.29) is 18.3 Å². The van der Waals surface area contributed by atoms with E-state index in [0.29, 0.717) is 0 Å². The average molecular weight is 412 g/mol. The topological polar surface area (TPSA) is 95.6 Å². The van der Waals surface area contributed by atoms with Gasteiger partial charge in [-0.3, -0.25) is 4.79 Å². The minimum absolute atomic E-state index is 0.0611. The lowest BCUT2D eigenvalue weighted by molar-refractivity contribution is -0.139. The van der Waals surface area contributed by atoms with Gasteiger partial charge in [-0.25, -0.2) is 9.37 Å². The zero-order valence-corrected chi connectivity index (χ0v) is 16.9. The van der Waals surface area contributed by atoms with Crippen molar-refractivity contribution in [1.82, 2.24) is 9.55 Å². The summed E-state index contributed by atoms with van der Waals surface area (Å²) in [6.45, 7) is 4.04. The second-order valence-corrected chi connectivity index (χ2v) is 7.52. The maximum Gasteiger partial charge on any atom is 0.305 e. The number of nitrogens with zero attached hydrogens (tertiary/aromatic N) is 2. The van der Waals surface area contributed by atoms with Gasteiger partial charge in [0.15, 0.2) is 0 Å². The molecule has 0 fully saturated rings. The van der Waals surface area contributed by atoms with E-state index in [1.54, 1.807) is 24.4 Å². The second-order valence-electron chi connectivity index (χ2n) is 7.52. The van der Waals surface area contributed by atoms with Gasteiger partial charge in [-0.15, -0.1) is 0 Å². The van der Waals surface area contributed by atoms with Crippen LogP contribution in [0.5, 0.6) is 0 Å². The van der Waals surface area contributed by atoms with Gasteiger partial charge in [0.1, 0.15) is 11.5 Å². The molecule has 0 aliphatic rings. The third kappa shape index (κ3) is 4.75. The number of aromatic nitrogens is 2. The van der Waals surface area contributed by atoms with Gasteiger partial charge in [-0.2, -0.15) is 0 Å². The van der Waals surface area contributed by atoms with Crippen LogP contribution < -0.4 is 0 Å². The van der Waals surface area contributed by atoms with Crippen molar-refractivity contribution in [3.63, 3.8) is 0 Å². The van der Waals surface area contributed by atoms with E-state index in [2.05, 4.69) is 4.98 Å². The fourth-order valence-electron chi connectivity index (χ4n) is 3.61. The van der Waals surface area contributed by atoms with Gasteiger partial charge in [0.05, 0.1) is 24.3 Å². The molecule has 1 aromatic carbocycles. The number of carboxylic acids is 1. The summed E-state index contributed by atoms with van der Waals surface area (Å²) < 4.78 is 15.5. The monoisotopic (exact) mass is 412 g/mol. The van der Waals surface area contributed by atoms with Crippen LogP contribution in [0, 0.1) is 5.82 Å². The van der Waals surface area contributed by atoms with E-state index in [1.807, 2.05) is 30.5 Å². The standard InChI is InChI=1S/C23H25FN2O4/c1-14(2)26-20(10-9-17(27)12-18(28)13-21(29)30)22(15-5-7-16(24)8-6-15)19-4-3-11-25-23(19)26/h3-11,14,17-18,27-28H,12-13H2,1-2H3,(H,29,30)/b10-9+/t17-,18?/m1/s1. The van der Waals surface area contributed by atoms with Crippen LogP contribution in [-0.4, -0.2) is 43.0 Å². The molecule has 7 heteroatoms. The summed E-state index contributed by atoms with van der Waals surface area (Å²) >= 11 is 0. The Morgan fingerprint density at radius 3 is 2.53 bits per heavy atom. The SMILES string of the molecule is CC(C)n1c(/C=C/[C@@H](O)CC(O)CC(=O)O)c(-c2ccc(F)cc2)c2cccnc21. The lowest BCUT2D eigenvalue weighted by atomic mass is 10.0. The quantitative estimate of drug-likeness (QED) is 0.519. The third-order valence-corrected chi connectivity index (χ3v) is 4.85. The van der Waals surface area contributed by atoms with Crippen LogP contribution >= 0.6 is 0 Å². The number of carboxylic acid groups (broad SMARTS) is 1. The summed E-state index contributed by atoms with van der Waals surface area (Å²) in [7, 11) is 0. The molecule has 2 atom stereocenters. The van der Waals surface area contributed by atoms with Crippen LogP contribution in [-0.2, 0) is 4.79 Å². The largest absolute Gasteiger partial charge is 0.481 e. The highest BCUT2D eigenvalue weighted by Crippen LogP contribution is 2.37. The van der Waals surface area contributed by atoms with Crippen molar-refractivity contribution < 1.29 is 24.5 Å². The van der Waals surface area contributed by atoms with Crippen LogP contribution in [0.3, 0.4) is 0 Å². The number of hydrogen-bond acceptors (Lipinski definition) is 4. The van der Waals surface area contributed by atoms with Gasteiger partial charge in [0.2, 0.25) is 0 Å². The molecule has 3 aromatic rings. The highest BCUT2D eigenvalue weighted by atomic mass is 19.1. The van der Waals surface area contributed by atoms with Gasteiger partial charge in [0, 0.05) is 29.6 Å². The molecule has 2 aromatic heterocycles. The van der Waals surface area contributed by atoms with Gasteiger partial charge in [-0.05, 0) is 49.8 Å². The number of aliphatic carboxylic acids is 1. The molecule has 6 nitrogen and oxygen atoms in total. The lowest BCUT2D eigenvalue weighted by Gasteiger charge is -2.14. The van der Waals surface area contributed by atoms with Crippen LogP contribution in [0.25, 0.3) is 28.2 Å². The molecule has 158 valence electrons. The fourth-order valence-corrected chi connectivity index (χ4v) is 3.61. The molecule has 0 bridgehead atoms. The summed E-state index contributed by atoms with van der Waals surface area (Å²) in [6, 6.07) is 10.0. The number of benzene rings is 1. The van der Waals surface area contributed by atoms with E-state index in [1.165, 1.54) is 18.2 Å². The van der Waals surface area contributed by atoms with Gasteiger partial charge >= 0.3 is 5.97 Å². The van der Waals surface area contributed by atoms with Gasteiger partial charge in [0.25, 0.3) is 0 Å². The maximum absolute atomic E-state index is 13.5. The number of carbonyl (C=O) groups is 1. The van der Waals surface area contributed by atoms with Gasteiger partial charge < -0.3 is 19.9 Å². The van der Waals surface area contributed by atoms with Crippen molar-refractivity contribution in [3.8, 4) is 11.1 Å². The summed E-state index contributed by atoms with van der Waals surface area (Å²) in [5.74, 6) is -1.45. The van der Waals surface area contributed by atoms with Crippen molar-refractivity contribution in [3.05, 3.63) is 60.2 Å². The number of halogens is 1. The number of hydrogen-bond donors (Lipinski definition) is 3. The molecule has 0 saturated heterocycles. The molecule has 0 amide bonds. The van der Waals surface area contributed by atoms with Crippen molar-refractivity contribution in [2.75, 3.05) is 0 Å². The summed E-state index contributed by atoms with van der Waals surface area (Å²) in [6.07, 6.45) is 2.31. The van der Waals surface area contributed by atoms with Gasteiger partial charge in [-0.1, -0.05) is 18.2 Å². The zero-order valence-electron chi connectivity index (χ0n) is 16.9. The zero-order chi connectivity index (χ0) is 21.8. The van der Waals surface area contributed by atoms with Crippen molar-refractivity contribution in [2.45, 2.75) is 44.9 Å². The third-order valence-electron chi connectivity index (χ3n) is 4.85. The van der Waals surface area contributed by atoms with Crippen LogP contribution in [0.2, 0.25) is 0 Å². The molecule has 0 saturated carbocycles. The number of aliphatic hydroxyl groups excluding tert-OH is 2. The Morgan fingerprint density at radius 2 is 1.90 bits per heavy atom. The first-order valence-electron chi connectivity index (χ1n) is 9.79. The Kier molecular flexibility index (Phi) is 6.64. The smallest absolute Gasteiger partial charge is 0.305 e. The van der Waals surface area contributed by atoms with Crippen molar-refractivity contribution >= 4 is 23.1 Å². The molecule has 0 spiro atoms. The Morgan fingerprint density at radius 1 is 1.20 bits per heavy atom. The molecule has 30 heavy (non-hydrogen) atoms. The van der Waals surface area contributed by atoms with E-state index >= 15 is 0 Å². The average Bonchev–Trinajstić information content (AvgIpc) is 3.00. The van der Waals surface area contributed by atoms with Crippen LogP contribution in [0.15, 0.2) is 48.7 Å². The first-order valence-corrected chi connectivity index (χ1v) is 9.79. The van der Waals surface area contributed by atoms with E-state index in [4.69, 9.17) is 5.11 Å². The molecule has 2 heterocycles. The minimum Gasteiger partial charge on any atom is -0.481 e. The molecule has 1 unspecified atom stereocenters. The molecule has 0 aliphatic heterocycles. The Bertz CT molecular complexity index is 1060.